The topological polar surface area (TPSA) is 81.5 Å². The highest BCUT2D eigenvalue weighted by molar-refractivity contribution is 7.89. The Morgan fingerprint density at radius 3 is 2.59 bits per heavy atom. The number of piperidine rings is 1. The van der Waals surface area contributed by atoms with Gasteiger partial charge < -0.3 is 4.74 Å². The molecular formula is C20H26ClN3O4S. The van der Waals surface area contributed by atoms with Crippen LogP contribution in [0.2, 0.25) is 5.15 Å². The minimum Gasteiger partial charge on any atom is -0.466 e. The van der Waals surface area contributed by atoms with Crippen molar-refractivity contribution in [1.29, 1.82) is 0 Å². The number of carbonyl (C=O) groups is 1. The van der Waals surface area contributed by atoms with Gasteiger partial charge in [-0.15, -0.1) is 0 Å². The summed E-state index contributed by atoms with van der Waals surface area (Å²) < 4.78 is 34.9. The molecule has 0 bridgehead atoms. The number of hydrogen-bond acceptors (Lipinski definition) is 5. The van der Waals surface area contributed by atoms with Crippen LogP contribution in [0.25, 0.3) is 0 Å². The molecular weight excluding hydrogens is 414 g/mol. The number of nitrogens with zero attached hydrogens (tertiary/aromatic N) is 3. The van der Waals surface area contributed by atoms with Crippen molar-refractivity contribution < 1.29 is 17.9 Å². The lowest BCUT2D eigenvalue weighted by molar-refractivity contribution is -0.157. The van der Waals surface area contributed by atoms with Crippen LogP contribution in [0.5, 0.6) is 0 Å². The van der Waals surface area contributed by atoms with Crippen LogP contribution in [-0.2, 0) is 33.0 Å². The number of ether oxygens (including phenoxy) is 1. The zero-order chi connectivity index (χ0) is 21.2. The van der Waals surface area contributed by atoms with E-state index in [2.05, 4.69) is 5.10 Å². The molecule has 2 heterocycles. The molecule has 0 N–H and O–H groups in total. The average Bonchev–Trinajstić information content (AvgIpc) is 2.95. The van der Waals surface area contributed by atoms with E-state index in [-0.39, 0.29) is 29.2 Å². The average molecular weight is 440 g/mol. The second kappa shape index (κ2) is 8.45. The molecule has 2 aromatic rings. The van der Waals surface area contributed by atoms with Gasteiger partial charge in [-0.3, -0.25) is 9.48 Å². The van der Waals surface area contributed by atoms with Crippen molar-refractivity contribution in [2.75, 3.05) is 19.7 Å². The Labute approximate surface area is 176 Å². The molecule has 3 rings (SSSR count). The fourth-order valence-electron chi connectivity index (χ4n) is 3.98. The number of sulfonamides is 1. The van der Waals surface area contributed by atoms with Gasteiger partial charge in [0.15, 0.2) is 0 Å². The fraction of sp³-hybridized carbons (Fsp3) is 0.500. The van der Waals surface area contributed by atoms with Crippen molar-refractivity contribution >= 4 is 27.6 Å². The summed E-state index contributed by atoms with van der Waals surface area (Å²) >= 11 is 6.23. The molecule has 0 spiro atoms. The van der Waals surface area contributed by atoms with E-state index < -0.39 is 15.4 Å². The smallest absolute Gasteiger partial charge is 0.313 e. The third kappa shape index (κ3) is 4.20. The first-order chi connectivity index (χ1) is 13.7. The van der Waals surface area contributed by atoms with Gasteiger partial charge in [0.2, 0.25) is 10.0 Å². The first-order valence-electron chi connectivity index (χ1n) is 9.61. The SMILES string of the molecule is CCOC(=O)[C@@]1(Cc2ccccc2)CCCN(S(=O)(=O)c2c(C)nn(C)c2Cl)C1. The van der Waals surface area contributed by atoms with Crippen molar-refractivity contribution in [2.24, 2.45) is 12.5 Å². The van der Waals surface area contributed by atoms with E-state index in [0.717, 1.165) is 5.56 Å². The molecule has 0 radical (unpaired) electrons. The predicted molar refractivity (Wildman–Crippen MR) is 110 cm³/mol. The summed E-state index contributed by atoms with van der Waals surface area (Å²) in [4.78, 5) is 13.0. The molecule has 1 aliphatic heterocycles. The second-order valence-electron chi connectivity index (χ2n) is 7.43. The van der Waals surface area contributed by atoms with Crippen molar-refractivity contribution in [3.8, 4) is 0 Å². The minimum atomic E-state index is -3.90. The highest BCUT2D eigenvalue weighted by Crippen LogP contribution is 2.38. The van der Waals surface area contributed by atoms with Gasteiger partial charge >= 0.3 is 5.97 Å². The maximum Gasteiger partial charge on any atom is 0.313 e. The zero-order valence-electron chi connectivity index (χ0n) is 16.9. The Hall–Kier alpha value is -1.90. The van der Waals surface area contributed by atoms with E-state index in [4.69, 9.17) is 16.3 Å². The van der Waals surface area contributed by atoms with Gasteiger partial charge in [-0.05, 0) is 38.7 Å². The van der Waals surface area contributed by atoms with Crippen LogP contribution in [0.1, 0.15) is 31.0 Å². The summed E-state index contributed by atoms with van der Waals surface area (Å²) in [6.07, 6.45) is 1.53. The number of halogens is 1. The monoisotopic (exact) mass is 439 g/mol. The molecule has 9 heteroatoms. The maximum atomic E-state index is 13.4. The van der Waals surface area contributed by atoms with Crippen molar-refractivity contribution in [2.45, 2.75) is 38.0 Å². The van der Waals surface area contributed by atoms with Gasteiger partial charge in [0.25, 0.3) is 0 Å². The van der Waals surface area contributed by atoms with E-state index >= 15 is 0 Å². The summed E-state index contributed by atoms with van der Waals surface area (Å²) in [5.41, 5.74) is 0.369. The Balaban J connectivity index is 1.99. The van der Waals surface area contributed by atoms with E-state index in [1.807, 2.05) is 30.3 Å². The van der Waals surface area contributed by atoms with Gasteiger partial charge in [-0.25, -0.2) is 8.42 Å². The molecule has 1 aromatic carbocycles. The van der Waals surface area contributed by atoms with E-state index in [9.17, 15) is 13.2 Å². The minimum absolute atomic E-state index is 0.000960. The molecule has 1 fully saturated rings. The maximum absolute atomic E-state index is 13.4. The molecule has 1 aromatic heterocycles. The molecule has 0 saturated carbocycles. The van der Waals surface area contributed by atoms with Crippen LogP contribution >= 0.6 is 11.6 Å². The highest BCUT2D eigenvalue weighted by atomic mass is 35.5. The summed E-state index contributed by atoms with van der Waals surface area (Å²) in [6, 6.07) is 9.60. The molecule has 1 saturated heterocycles. The lowest BCUT2D eigenvalue weighted by atomic mass is 9.75. The third-order valence-electron chi connectivity index (χ3n) is 5.33. The fourth-order valence-corrected chi connectivity index (χ4v) is 6.25. The van der Waals surface area contributed by atoms with Gasteiger partial charge in [0, 0.05) is 20.1 Å². The molecule has 0 unspecified atom stereocenters. The molecule has 0 aliphatic carbocycles. The number of esters is 1. The zero-order valence-corrected chi connectivity index (χ0v) is 18.5. The van der Waals surface area contributed by atoms with Crippen LogP contribution in [0.3, 0.4) is 0 Å². The third-order valence-corrected chi connectivity index (χ3v) is 7.88. The van der Waals surface area contributed by atoms with Crippen molar-refractivity contribution in [3.05, 3.63) is 46.7 Å². The predicted octanol–water partition coefficient (Wildman–Crippen LogP) is 2.96. The first-order valence-corrected chi connectivity index (χ1v) is 11.4. The summed E-state index contributed by atoms with van der Waals surface area (Å²) in [5, 5.41) is 4.20. The molecule has 0 amide bonds. The van der Waals surface area contributed by atoms with Gasteiger partial charge in [0.1, 0.15) is 10.0 Å². The largest absolute Gasteiger partial charge is 0.466 e. The van der Waals surface area contributed by atoms with E-state index in [1.165, 1.54) is 8.99 Å². The van der Waals surface area contributed by atoms with Crippen molar-refractivity contribution in [3.63, 3.8) is 0 Å². The number of carbonyl (C=O) groups excluding carboxylic acids is 1. The Morgan fingerprint density at radius 2 is 2.00 bits per heavy atom. The Morgan fingerprint density at radius 1 is 1.31 bits per heavy atom. The standard InChI is InChI=1S/C20H26ClN3O4S/c1-4-28-19(25)20(13-16-9-6-5-7-10-16)11-8-12-24(14-20)29(26,27)17-15(2)22-23(3)18(17)21/h5-7,9-10H,4,8,11-14H2,1-3H3/t20-/m1/s1. The normalized spacial score (nSPS) is 20.6. The van der Waals surface area contributed by atoms with Crippen LogP contribution in [0, 0.1) is 12.3 Å². The molecule has 7 nitrogen and oxygen atoms in total. The Bertz CT molecular complexity index is 991. The summed E-state index contributed by atoms with van der Waals surface area (Å²) in [6.45, 7) is 3.99. The van der Waals surface area contributed by atoms with Crippen LogP contribution < -0.4 is 0 Å². The summed E-state index contributed by atoms with van der Waals surface area (Å²) in [7, 11) is -2.30. The lowest BCUT2D eigenvalue weighted by Crippen LogP contribution is -2.51. The van der Waals surface area contributed by atoms with E-state index in [0.29, 0.717) is 31.5 Å². The molecule has 1 aliphatic rings. The molecule has 158 valence electrons. The van der Waals surface area contributed by atoms with Gasteiger partial charge in [-0.2, -0.15) is 9.40 Å². The number of hydrogen-bond donors (Lipinski definition) is 0. The number of aryl methyl sites for hydroxylation is 2. The number of rotatable bonds is 6. The quantitative estimate of drug-likeness (QED) is 0.646. The van der Waals surface area contributed by atoms with E-state index in [1.54, 1.807) is 20.9 Å². The van der Waals surface area contributed by atoms with Crippen LogP contribution in [0.4, 0.5) is 0 Å². The first kappa shape index (κ1) is 21.8. The lowest BCUT2D eigenvalue weighted by Gasteiger charge is -2.40. The van der Waals surface area contributed by atoms with Gasteiger partial charge in [0.05, 0.1) is 17.7 Å². The van der Waals surface area contributed by atoms with Gasteiger partial charge in [-0.1, -0.05) is 41.9 Å². The number of aromatic nitrogens is 2. The number of benzene rings is 1. The van der Waals surface area contributed by atoms with Crippen LogP contribution in [-0.4, -0.2) is 48.2 Å². The Kier molecular flexibility index (Phi) is 6.36. The van der Waals surface area contributed by atoms with Crippen LogP contribution in [0.15, 0.2) is 35.2 Å². The summed E-state index contributed by atoms with van der Waals surface area (Å²) in [5.74, 6) is -0.363. The molecule has 29 heavy (non-hydrogen) atoms. The highest BCUT2D eigenvalue weighted by Gasteiger charge is 2.47. The second-order valence-corrected chi connectivity index (χ2v) is 9.67. The van der Waals surface area contributed by atoms with Crippen molar-refractivity contribution in [1.82, 2.24) is 14.1 Å². The molecule has 1 atom stereocenters.